The SMILES string of the molecule is CCc1c(C(Cc2ccccc2)NC(=O)OC(C)(C)C)nn2c1OCCC2. The molecule has 0 radical (unpaired) electrons. The number of alkyl carbamates (subject to hydrolysis) is 1. The topological polar surface area (TPSA) is 65.4 Å². The highest BCUT2D eigenvalue weighted by Crippen LogP contribution is 2.31. The zero-order valence-electron chi connectivity index (χ0n) is 16.6. The lowest BCUT2D eigenvalue weighted by molar-refractivity contribution is 0.0502. The molecular formula is C21H29N3O3. The van der Waals surface area contributed by atoms with Crippen LogP contribution in [-0.4, -0.2) is 28.1 Å². The molecule has 2 aromatic rings. The number of benzene rings is 1. The van der Waals surface area contributed by atoms with Gasteiger partial charge in [0.1, 0.15) is 5.60 Å². The molecule has 0 saturated heterocycles. The number of hydrogen-bond acceptors (Lipinski definition) is 4. The minimum Gasteiger partial charge on any atom is -0.478 e. The summed E-state index contributed by atoms with van der Waals surface area (Å²) in [7, 11) is 0. The quantitative estimate of drug-likeness (QED) is 0.862. The minimum atomic E-state index is -0.550. The second kappa shape index (κ2) is 8.03. The van der Waals surface area contributed by atoms with E-state index in [1.54, 1.807) is 0 Å². The van der Waals surface area contributed by atoms with E-state index in [9.17, 15) is 4.79 Å². The molecular weight excluding hydrogens is 342 g/mol. The molecule has 0 spiro atoms. The second-order valence-electron chi connectivity index (χ2n) is 7.84. The van der Waals surface area contributed by atoms with Crippen LogP contribution in [0, 0.1) is 0 Å². The Balaban J connectivity index is 1.92. The van der Waals surface area contributed by atoms with E-state index in [2.05, 4.69) is 24.4 Å². The Bertz CT molecular complexity index is 778. The lowest BCUT2D eigenvalue weighted by atomic mass is 9.99. The van der Waals surface area contributed by atoms with E-state index in [-0.39, 0.29) is 6.04 Å². The van der Waals surface area contributed by atoms with Crippen LogP contribution < -0.4 is 10.1 Å². The number of fused-ring (bicyclic) bond motifs is 1. The molecule has 0 fully saturated rings. The number of ether oxygens (including phenoxy) is 2. The van der Waals surface area contributed by atoms with Crippen molar-refractivity contribution in [2.45, 2.75) is 65.1 Å². The fourth-order valence-electron chi connectivity index (χ4n) is 3.33. The zero-order valence-corrected chi connectivity index (χ0v) is 16.6. The van der Waals surface area contributed by atoms with Gasteiger partial charge < -0.3 is 14.8 Å². The Kier molecular flexibility index (Phi) is 5.73. The number of aryl methyl sites for hydroxylation is 1. The van der Waals surface area contributed by atoms with E-state index in [0.29, 0.717) is 13.0 Å². The van der Waals surface area contributed by atoms with Gasteiger partial charge >= 0.3 is 6.09 Å². The Hall–Kier alpha value is -2.50. The molecule has 2 heterocycles. The smallest absolute Gasteiger partial charge is 0.408 e. The van der Waals surface area contributed by atoms with E-state index in [1.807, 2.05) is 43.7 Å². The first-order chi connectivity index (χ1) is 12.9. The van der Waals surface area contributed by atoms with Crippen molar-refractivity contribution in [3.63, 3.8) is 0 Å². The van der Waals surface area contributed by atoms with Crippen LogP contribution in [0.5, 0.6) is 5.88 Å². The molecule has 1 aromatic carbocycles. The number of rotatable bonds is 5. The number of amides is 1. The van der Waals surface area contributed by atoms with Crippen LogP contribution in [-0.2, 0) is 24.1 Å². The third-order valence-electron chi connectivity index (χ3n) is 4.44. The summed E-state index contributed by atoms with van der Waals surface area (Å²) in [6, 6.07) is 9.83. The largest absolute Gasteiger partial charge is 0.478 e. The molecule has 1 N–H and O–H groups in total. The van der Waals surface area contributed by atoms with E-state index in [4.69, 9.17) is 14.6 Å². The number of carbonyl (C=O) groups is 1. The summed E-state index contributed by atoms with van der Waals surface area (Å²) in [5.41, 5.74) is 2.51. The molecule has 6 heteroatoms. The fourth-order valence-corrected chi connectivity index (χ4v) is 3.33. The van der Waals surface area contributed by atoms with Gasteiger partial charge in [-0.1, -0.05) is 37.3 Å². The highest BCUT2D eigenvalue weighted by molar-refractivity contribution is 5.68. The average molecular weight is 371 g/mol. The molecule has 1 unspecified atom stereocenters. The van der Waals surface area contributed by atoms with Crippen LogP contribution in [0.25, 0.3) is 0 Å². The van der Waals surface area contributed by atoms with Crippen LogP contribution in [0.15, 0.2) is 30.3 Å². The summed E-state index contributed by atoms with van der Waals surface area (Å²) in [5, 5.41) is 7.82. The molecule has 3 rings (SSSR count). The Labute approximate surface area is 160 Å². The Morgan fingerprint density at radius 2 is 2.07 bits per heavy atom. The lowest BCUT2D eigenvalue weighted by Gasteiger charge is -2.23. The summed E-state index contributed by atoms with van der Waals surface area (Å²) < 4.78 is 13.3. The highest BCUT2D eigenvalue weighted by Gasteiger charge is 2.29. The first-order valence-electron chi connectivity index (χ1n) is 9.63. The van der Waals surface area contributed by atoms with Gasteiger partial charge in [0.25, 0.3) is 0 Å². The molecule has 1 aliphatic heterocycles. The molecule has 1 aliphatic rings. The molecule has 1 atom stereocenters. The van der Waals surface area contributed by atoms with E-state index >= 15 is 0 Å². The number of nitrogens with one attached hydrogen (secondary N) is 1. The summed E-state index contributed by atoms with van der Waals surface area (Å²) in [4.78, 5) is 12.5. The molecule has 27 heavy (non-hydrogen) atoms. The van der Waals surface area contributed by atoms with Crippen molar-refractivity contribution >= 4 is 6.09 Å². The van der Waals surface area contributed by atoms with Crippen molar-refractivity contribution in [1.82, 2.24) is 15.1 Å². The maximum atomic E-state index is 12.5. The summed E-state index contributed by atoms with van der Waals surface area (Å²) in [6.07, 6.45) is 1.95. The summed E-state index contributed by atoms with van der Waals surface area (Å²) in [6.45, 7) is 9.22. The number of hydrogen-bond donors (Lipinski definition) is 1. The molecule has 6 nitrogen and oxygen atoms in total. The molecule has 0 bridgehead atoms. The highest BCUT2D eigenvalue weighted by atomic mass is 16.6. The van der Waals surface area contributed by atoms with E-state index in [1.165, 1.54) is 0 Å². The van der Waals surface area contributed by atoms with Crippen molar-refractivity contribution in [2.24, 2.45) is 0 Å². The van der Waals surface area contributed by atoms with Crippen LogP contribution in [0.1, 0.15) is 57.0 Å². The Morgan fingerprint density at radius 1 is 1.33 bits per heavy atom. The maximum absolute atomic E-state index is 12.5. The van der Waals surface area contributed by atoms with Crippen molar-refractivity contribution in [1.29, 1.82) is 0 Å². The van der Waals surface area contributed by atoms with E-state index in [0.717, 1.165) is 42.1 Å². The molecule has 0 saturated carbocycles. The van der Waals surface area contributed by atoms with Gasteiger partial charge in [0.05, 0.1) is 18.3 Å². The van der Waals surface area contributed by atoms with Crippen LogP contribution in [0.4, 0.5) is 4.79 Å². The fraction of sp³-hybridized carbons (Fsp3) is 0.524. The van der Waals surface area contributed by atoms with Crippen molar-refractivity contribution in [3.8, 4) is 5.88 Å². The van der Waals surface area contributed by atoms with Crippen LogP contribution in [0.2, 0.25) is 0 Å². The number of aromatic nitrogens is 2. The first kappa shape index (κ1) is 19.3. The normalized spacial score (nSPS) is 14.8. The van der Waals surface area contributed by atoms with Gasteiger partial charge in [-0.15, -0.1) is 0 Å². The monoisotopic (exact) mass is 371 g/mol. The predicted molar refractivity (Wildman–Crippen MR) is 104 cm³/mol. The van der Waals surface area contributed by atoms with Gasteiger partial charge in [-0.3, -0.25) is 0 Å². The first-order valence-corrected chi connectivity index (χ1v) is 9.63. The van der Waals surface area contributed by atoms with Crippen molar-refractivity contribution < 1.29 is 14.3 Å². The second-order valence-corrected chi connectivity index (χ2v) is 7.84. The predicted octanol–water partition coefficient (Wildman–Crippen LogP) is 4.04. The van der Waals surface area contributed by atoms with E-state index < -0.39 is 11.7 Å². The molecule has 1 aromatic heterocycles. The molecule has 146 valence electrons. The van der Waals surface area contributed by atoms with Gasteiger partial charge in [-0.2, -0.15) is 5.10 Å². The van der Waals surface area contributed by atoms with Crippen molar-refractivity contribution in [2.75, 3.05) is 6.61 Å². The zero-order chi connectivity index (χ0) is 19.4. The number of carbonyl (C=O) groups excluding carboxylic acids is 1. The third-order valence-corrected chi connectivity index (χ3v) is 4.44. The lowest BCUT2D eigenvalue weighted by Crippen LogP contribution is -2.36. The van der Waals surface area contributed by atoms with Gasteiger partial charge in [-0.25, -0.2) is 9.48 Å². The van der Waals surface area contributed by atoms with Gasteiger partial charge in [-0.05, 0) is 39.2 Å². The van der Waals surface area contributed by atoms with Gasteiger partial charge in [0.2, 0.25) is 5.88 Å². The van der Waals surface area contributed by atoms with Crippen LogP contribution >= 0.6 is 0 Å². The molecule has 0 aliphatic carbocycles. The van der Waals surface area contributed by atoms with Crippen molar-refractivity contribution in [3.05, 3.63) is 47.2 Å². The average Bonchev–Trinajstić information content (AvgIpc) is 2.99. The third kappa shape index (κ3) is 4.81. The van der Waals surface area contributed by atoms with Crippen LogP contribution in [0.3, 0.4) is 0 Å². The van der Waals surface area contributed by atoms with Gasteiger partial charge in [0, 0.05) is 18.5 Å². The maximum Gasteiger partial charge on any atom is 0.408 e. The minimum absolute atomic E-state index is 0.279. The number of nitrogens with zero attached hydrogens (tertiary/aromatic N) is 2. The van der Waals surface area contributed by atoms with Gasteiger partial charge in [0.15, 0.2) is 0 Å². The summed E-state index contributed by atoms with van der Waals surface area (Å²) in [5.74, 6) is 0.836. The standard InChI is InChI=1S/C21H29N3O3/c1-5-16-18(23-24-12-9-13-26-19(16)24)17(14-15-10-7-6-8-11-15)22-20(25)27-21(2,3)4/h6-8,10-11,17H,5,9,12-14H2,1-4H3,(H,22,25). The Morgan fingerprint density at radius 3 is 2.74 bits per heavy atom. The summed E-state index contributed by atoms with van der Waals surface area (Å²) >= 11 is 0. The molecule has 1 amide bonds.